The molecule has 0 unspecified atom stereocenters. The van der Waals surface area contributed by atoms with Crippen molar-refractivity contribution in [3.63, 3.8) is 0 Å². The molecule has 0 radical (unpaired) electrons. The van der Waals surface area contributed by atoms with E-state index in [1.165, 1.54) is 0 Å². The van der Waals surface area contributed by atoms with E-state index in [9.17, 15) is 4.79 Å². The number of carbonyl (C=O) groups is 1. The minimum atomic E-state index is -0.903. The van der Waals surface area contributed by atoms with Crippen LogP contribution < -0.4 is 11.1 Å². The van der Waals surface area contributed by atoms with Gasteiger partial charge in [0.2, 0.25) is 5.91 Å². The quantitative estimate of drug-likeness (QED) is 0.347. The average molecular weight is 296 g/mol. The summed E-state index contributed by atoms with van der Waals surface area (Å²) in [6.07, 6.45) is 1.17. The first-order chi connectivity index (χ1) is 9.39. The van der Waals surface area contributed by atoms with Crippen LogP contribution in [-0.4, -0.2) is 17.0 Å². The Morgan fingerprint density at radius 3 is 2.70 bits per heavy atom. The van der Waals surface area contributed by atoms with Crippen molar-refractivity contribution in [1.82, 2.24) is 0 Å². The summed E-state index contributed by atoms with van der Waals surface area (Å²) in [5.41, 5.74) is 6.36. The van der Waals surface area contributed by atoms with Crippen LogP contribution in [0.3, 0.4) is 0 Å². The zero-order chi connectivity index (χ0) is 14.9. The standard InChI is InChI=1S/C14H18ClN3O2/c1-8-6-14(7-8,12(16)18-20)13(19)17-11-4-3-10(15)5-9(11)2/h3-5,8,20H,6-7H2,1-2H3,(H2,16,18)(H,17,19). The van der Waals surface area contributed by atoms with Gasteiger partial charge < -0.3 is 16.3 Å². The number of hydrogen-bond acceptors (Lipinski definition) is 3. The summed E-state index contributed by atoms with van der Waals surface area (Å²) in [4.78, 5) is 12.5. The first-order valence-corrected chi connectivity index (χ1v) is 6.82. The summed E-state index contributed by atoms with van der Waals surface area (Å²) in [6.45, 7) is 3.89. The molecule has 6 heteroatoms. The molecule has 1 saturated carbocycles. The number of anilines is 1. The van der Waals surface area contributed by atoms with E-state index in [-0.39, 0.29) is 11.7 Å². The SMILES string of the molecule is Cc1cc(Cl)ccc1NC(=O)C1(/C(N)=N/O)CC(C)C1. The molecule has 1 aliphatic rings. The summed E-state index contributed by atoms with van der Waals surface area (Å²) < 4.78 is 0. The number of oxime groups is 1. The maximum atomic E-state index is 12.5. The van der Waals surface area contributed by atoms with E-state index >= 15 is 0 Å². The topological polar surface area (TPSA) is 87.7 Å². The van der Waals surface area contributed by atoms with Gasteiger partial charge in [-0.1, -0.05) is 23.7 Å². The van der Waals surface area contributed by atoms with E-state index < -0.39 is 5.41 Å². The van der Waals surface area contributed by atoms with Crippen molar-refractivity contribution in [3.8, 4) is 0 Å². The predicted molar refractivity (Wildman–Crippen MR) is 79.1 cm³/mol. The molecule has 0 aromatic heterocycles. The van der Waals surface area contributed by atoms with Crippen LogP contribution in [-0.2, 0) is 4.79 Å². The largest absolute Gasteiger partial charge is 0.409 e. The highest BCUT2D eigenvalue weighted by Gasteiger charge is 2.52. The third kappa shape index (κ3) is 2.45. The molecule has 1 aromatic rings. The second-order valence-corrected chi connectivity index (χ2v) is 5.93. The van der Waals surface area contributed by atoms with Crippen molar-refractivity contribution in [2.75, 3.05) is 5.32 Å². The molecular weight excluding hydrogens is 278 g/mol. The van der Waals surface area contributed by atoms with Crippen molar-refractivity contribution < 1.29 is 10.0 Å². The fraction of sp³-hybridized carbons (Fsp3) is 0.429. The van der Waals surface area contributed by atoms with Gasteiger partial charge in [0.15, 0.2) is 5.84 Å². The number of hydrogen-bond donors (Lipinski definition) is 3. The van der Waals surface area contributed by atoms with Crippen molar-refractivity contribution in [3.05, 3.63) is 28.8 Å². The molecule has 108 valence electrons. The summed E-state index contributed by atoms with van der Waals surface area (Å²) in [5, 5.41) is 15.4. The third-order valence-corrected chi connectivity index (χ3v) is 4.10. The minimum absolute atomic E-state index is 0.0280. The lowest BCUT2D eigenvalue weighted by atomic mass is 9.61. The summed E-state index contributed by atoms with van der Waals surface area (Å²) in [6, 6.07) is 5.23. The Hall–Kier alpha value is -1.75. The number of nitrogens with two attached hydrogens (primary N) is 1. The molecule has 0 saturated heterocycles. The molecule has 20 heavy (non-hydrogen) atoms. The fourth-order valence-corrected chi connectivity index (χ4v) is 2.97. The number of amides is 1. The number of nitrogens with one attached hydrogen (secondary N) is 1. The third-order valence-electron chi connectivity index (χ3n) is 3.86. The van der Waals surface area contributed by atoms with Crippen LogP contribution in [0.2, 0.25) is 5.02 Å². The van der Waals surface area contributed by atoms with Crippen LogP contribution in [0, 0.1) is 18.3 Å². The predicted octanol–water partition coefficient (Wildman–Crippen LogP) is 2.75. The van der Waals surface area contributed by atoms with Crippen LogP contribution in [0.5, 0.6) is 0 Å². The van der Waals surface area contributed by atoms with Crippen LogP contribution >= 0.6 is 11.6 Å². The van der Waals surface area contributed by atoms with Gasteiger partial charge in [-0.2, -0.15) is 0 Å². The highest BCUT2D eigenvalue weighted by Crippen LogP contribution is 2.46. The van der Waals surface area contributed by atoms with Crippen molar-refractivity contribution in [1.29, 1.82) is 0 Å². The van der Waals surface area contributed by atoms with E-state index in [0.717, 1.165) is 5.56 Å². The van der Waals surface area contributed by atoms with Crippen LogP contribution in [0.15, 0.2) is 23.4 Å². The molecule has 0 bridgehead atoms. The van der Waals surface area contributed by atoms with Gasteiger partial charge in [0.1, 0.15) is 5.41 Å². The molecule has 4 N–H and O–H groups in total. The molecule has 1 aliphatic carbocycles. The first-order valence-electron chi connectivity index (χ1n) is 6.44. The smallest absolute Gasteiger partial charge is 0.238 e. The second kappa shape index (κ2) is 5.32. The molecule has 0 spiro atoms. The molecule has 5 nitrogen and oxygen atoms in total. The second-order valence-electron chi connectivity index (χ2n) is 5.49. The zero-order valence-electron chi connectivity index (χ0n) is 11.5. The lowest BCUT2D eigenvalue weighted by molar-refractivity contribution is -0.127. The van der Waals surface area contributed by atoms with E-state index in [4.69, 9.17) is 22.5 Å². The van der Waals surface area contributed by atoms with Gasteiger partial charge in [-0.15, -0.1) is 0 Å². The number of rotatable bonds is 3. The van der Waals surface area contributed by atoms with Gasteiger partial charge in [-0.05, 0) is 49.4 Å². The van der Waals surface area contributed by atoms with Crippen LogP contribution in [0.4, 0.5) is 5.69 Å². The zero-order valence-corrected chi connectivity index (χ0v) is 12.2. The average Bonchev–Trinajstić information content (AvgIpc) is 2.37. The number of halogens is 1. The molecule has 1 amide bonds. The molecule has 0 atom stereocenters. The highest BCUT2D eigenvalue weighted by atomic mass is 35.5. The van der Waals surface area contributed by atoms with Gasteiger partial charge in [0.25, 0.3) is 0 Å². The highest BCUT2D eigenvalue weighted by molar-refractivity contribution is 6.30. The molecule has 1 fully saturated rings. The van der Waals surface area contributed by atoms with Crippen LogP contribution in [0.25, 0.3) is 0 Å². The number of aryl methyl sites for hydroxylation is 1. The van der Waals surface area contributed by atoms with Crippen molar-refractivity contribution in [2.24, 2.45) is 22.2 Å². The fourth-order valence-electron chi connectivity index (χ4n) is 2.75. The Morgan fingerprint density at radius 1 is 1.55 bits per heavy atom. The van der Waals surface area contributed by atoms with Crippen LogP contribution in [0.1, 0.15) is 25.3 Å². The Kier molecular flexibility index (Phi) is 3.90. The first kappa shape index (κ1) is 14.7. The number of carbonyl (C=O) groups excluding carboxylic acids is 1. The lowest BCUT2D eigenvalue weighted by Gasteiger charge is -2.43. The Balaban J connectivity index is 2.22. The Bertz CT molecular complexity index is 566. The maximum absolute atomic E-state index is 12.5. The number of benzene rings is 1. The summed E-state index contributed by atoms with van der Waals surface area (Å²) in [7, 11) is 0. The summed E-state index contributed by atoms with van der Waals surface area (Å²) >= 11 is 5.89. The molecular formula is C14H18ClN3O2. The number of amidine groups is 1. The molecule has 1 aromatic carbocycles. The van der Waals surface area contributed by atoms with Gasteiger partial charge in [-0.25, -0.2) is 0 Å². The van der Waals surface area contributed by atoms with Gasteiger partial charge in [0.05, 0.1) is 0 Å². The Morgan fingerprint density at radius 2 is 2.20 bits per heavy atom. The molecule has 0 aliphatic heterocycles. The van der Waals surface area contributed by atoms with Crippen molar-refractivity contribution >= 4 is 29.0 Å². The van der Waals surface area contributed by atoms with E-state index in [2.05, 4.69) is 10.5 Å². The molecule has 2 rings (SSSR count). The normalized spacial score (nSPS) is 25.9. The van der Waals surface area contributed by atoms with E-state index in [1.54, 1.807) is 18.2 Å². The van der Waals surface area contributed by atoms with E-state index in [0.29, 0.717) is 29.5 Å². The Labute approximate surface area is 122 Å². The van der Waals surface area contributed by atoms with Gasteiger partial charge in [-0.3, -0.25) is 4.79 Å². The lowest BCUT2D eigenvalue weighted by Crippen LogP contribution is -2.54. The van der Waals surface area contributed by atoms with Gasteiger partial charge >= 0.3 is 0 Å². The van der Waals surface area contributed by atoms with E-state index in [1.807, 2.05) is 13.8 Å². The monoisotopic (exact) mass is 295 g/mol. The van der Waals surface area contributed by atoms with Crippen molar-refractivity contribution in [2.45, 2.75) is 26.7 Å². The molecule has 0 heterocycles. The number of nitrogens with zero attached hydrogens (tertiary/aromatic N) is 1. The van der Waals surface area contributed by atoms with Gasteiger partial charge in [0, 0.05) is 10.7 Å². The maximum Gasteiger partial charge on any atom is 0.238 e. The summed E-state index contributed by atoms with van der Waals surface area (Å²) in [5.74, 6) is 0.114. The minimum Gasteiger partial charge on any atom is -0.409 e.